The number of nitrogens with two attached hydrogens (primary N) is 1. The second-order valence-electron chi connectivity index (χ2n) is 5.50. The minimum absolute atomic E-state index is 0.0925. The summed E-state index contributed by atoms with van der Waals surface area (Å²) in [5, 5.41) is 7.47. The van der Waals surface area contributed by atoms with Crippen molar-refractivity contribution in [2.75, 3.05) is 5.32 Å². The van der Waals surface area contributed by atoms with Crippen molar-refractivity contribution in [1.82, 2.24) is 0 Å². The summed E-state index contributed by atoms with van der Waals surface area (Å²) in [5.74, 6) is -1.74. The first-order valence-corrected chi connectivity index (χ1v) is 9.07. The standard InChI is InChI=1S/C17H17FN2O5S/c1-11(25-16(21)10-12-3-2-4-13(18)9-12)17(22)20-14-5-7-15(8-6-14)26(19,23)24/h2-9,11H,10H2,1H3,(H,20,22)(H2,19,23,24). The number of hydrogen-bond acceptors (Lipinski definition) is 5. The molecule has 0 saturated carbocycles. The number of hydrogen-bond donors (Lipinski definition) is 2. The number of rotatable bonds is 6. The molecular weight excluding hydrogens is 363 g/mol. The Morgan fingerprint density at radius 2 is 1.85 bits per heavy atom. The smallest absolute Gasteiger partial charge is 0.311 e. The van der Waals surface area contributed by atoms with Crippen LogP contribution in [0.5, 0.6) is 0 Å². The lowest BCUT2D eigenvalue weighted by atomic mass is 10.1. The maximum atomic E-state index is 13.1. The minimum Gasteiger partial charge on any atom is -0.452 e. The molecule has 138 valence electrons. The molecule has 1 atom stereocenters. The van der Waals surface area contributed by atoms with Crippen molar-refractivity contribution in [2.24, 2.45) is 5.14 Å². The van der Waals surface area contributed by atoms with E-state index in [0.29, 0.717) is 11.3 Å². The lowest BCUT2D eigenvalue weighted by Gasteiger charge is -2.14. The van der Waals surface area contributed by atoms with Gasteiger partial charge in [-0.15, -0.1) is 0 Å². The first-order valence-electron chi connectivity index (χ1n) is 7.53. The van der Waals surface area contributed by atoms with Crippen molar-refractivity contribution in [2.45, 2.75) is 24.3 Å². The van der Waals surface area contributed by atoms with E-state index in [9.17, 15) is 22.4 Å². The molecule has 0 bridgehead atoms. The van der Waals surface area contributed by atoms with E-state index in [1.165, 1.54) is 49.4 Å². The van der Waals surface area contributed by atoms with Crippen molar-refractivity contribution in [3.05, 3.63) is 59.9 Å². The molecule has 0 aliphatic rings. The van der Waals surface area contributed by atoms with Gasteiger partial charge in [0.1, 0.15) is 5.82 Å². The zero-order chi connectivity index (χ0) is 19.3. The van der Waals surface area contributed by atoms with Gasteiger partial charge in [0.25, 0.3) is 5.91 Å². The van der Waals surface area contributed by atoms with Crippen LogP contribution in [0.2, 0.25) is 0 Å². The summed E-state index contributed by atoms with van der Waals surface area (Å²) in [6.45, 7) is 1.39. The number of carbonyl (C=O) groups is 2. The topological polar surface area (TPSA) is 116 Å². The number of primary sulfonamides is 1. The van der Waals surface area contributed by atoms with Gasteiger partial charge in [-0.3, -0.25) is 9.59 Å². The summed E-state index contributed by atoms with van der Waals surface area (Å²) in [7, 11) is -3.82. The van der Waals surface area contributed by atoms with Crippen LogP contribution in [0.4, 0.5) is 10.1 Å². The van der Waals surface area contributed by atoms with Crippen molar-refractivity contribution in [3.63, 3.8) is 0 Å². The molecular formula is C17H17FN2O5S. The molecule has 1 unspecified atom stereocenters. The van der Waals surface area contributed by atoms with Crippen LogP contribution in [-0.2, 0) is 30.8 Å². The number of amides is 1. The van der Waals surface area contributed by atoms with E-state index in [-0.39, 0.29) is 11.3 Å². The number of benzene rings is 2. The summed E-state index contributed by atoms with van der Waals surface area (Å²) < 4.78 is 40.5. The fourth-order valence-corrected chi connectivity index (χ4v) is 2.59. The second kappa shape index (κ2) is 8.07. The van der Waals surface area contributed by atoms with Crippen LogP contribution in [0.25, 0.3) is 0 Å². The third-order valence-corrected chi connectivity index (χ3v) is 4.29. The van der Waals surface area contributed by atoms with Gasteiger partial charge in [0.05, 0.1) is 11.3 Å². The Kier molecular flexibility index (Phi) is 6.06. The molecule has 0 saturated heterocycles. The molecule has 2 aromatic rings. The lowest BCUT2D eigenvalue weighted by molar-refractivity contribution is -0.152. The molecule has 3 N–H and O–H groups in total. The Balaban J connectivity index is 1.91. The second-order valence-corrected chi connectivity index (χ2v) is 7.06. The molecule has 1 amide bonds. The summed E-state index contributed by atoms with van der Waals surface area (Å²) in [5.41, 5.74) is 0.747. The zero-order valence-electron chi connectivity index (χ0n) is 13.8. The quantitative estimate of drug-likeness (QED) is 0.739. The summed E-state index contributed by atoms with van der Waals surface area (Å²) in [6.07, 6.45) is -1.26. The average molecular weight is 380 g/mol. The molecule has 0 aromatic heterocycles. The van der Waals surface area contributed by atoms with E-state index in [1.54, 1.807) is 6.07 Å². The normalized spacial score (nSPS) is 12.3. The summed E-state index contributed by atoms with van der Waals surface area (Å²) in [4.78, 5) is 23.8. The Morgan fingerprint density at radius 3 is 2.42 bits per heavy atom. The highest BCUT2D eigenvalue weighted by Gasteiger charge is 2.18. The van der Waals surface area contributed by atoms with Crippen molar-refractivity contribution in [1.29, 1.82) is 0 Å². The first kappa shape index (κ1) is 19.5. The van der Waals surface area contributed by atoms with Gasteiger partial charge in [-0.2, -0.15) is 0 Å². The molecule has 0 heterocycles. The van der Waals surface area contributed by atoms with E-state index in [1.807, 2.05) is 0 Å². The van der Waals surface area contributed by atoms with E-state index >= 15 is 0 Å². The van der Waals surface area contributed by atoms with E-state index in [2.05, 4.69) is 5.32 Å². The van der Waals surface area contributed by atoms with Crippen LogP contribution in [-0.4, -0.2) is 26.4 Å². The van der Waals surface area contributed by atoms with E-state index in [0.717, 1.165) is 0 Å². The van der Waals surface area contributed by atoms with Gasteiger partial charge in [-0.25, -0.2) is 17.9 Å². The summed E-state index contributed by atoms with van der Waals surface area (Å²) in [6, 6.07) is 10.7. The fraction of sp³-hybridized carbons (Fsp3) is 0.176. The van der Waals surface area contributed by atoms with Crippen molar-refractivity contribution in [3.8, 4) is 0 Å². The molecule has 0 aliphatic heterocycles. The highest BCUT2D eigenvalue weighted by Crippen LogP contribution is 2.13. The van der Waals surface area contributed by atoms with Gasteiger partial charge in [0.15, 0.2) is 6.10 Å². The highest BCUT2D eigenvalue weighted by molar-refractivity contribution is 7.89. The number of halogens is 1. The Hall–Kier alpha value is -2.78. The largest absolute Gasteiger partial charge is 0.452 e. The molecule has 0 aliphatic carbocycles. The maximum Gasteiger partial charge on any atom is 0.311 e. The molecule has 7 nitrogen and oxygen atoms in total. The number of ether oxygens (including phenoxy) is 1. The van der Waals surface area contributed by atoms with Crippen LogP contribution in [0.15, 0.2) is 53.4 Å². The van der Waals surface area contributed by atoms with Crippen LogP contribution in [0.3, 0.4) is 0 Å². The van der Waals surface area contributed by atoms with Gasteiger partial charge in [-0.05, 0) is 48.9 Å². The Morgan fingerprint density at radius 1 is 1.19 bits per heavy atom. The Labute approximate surface area is 150 Å². The molecule has 0 spiro atoms. The number of carbonyl (C=O) groups excluding carboxylic acids is 2. The van der Waals surface area contributed by atoms with E-state index < -0.39 is 33.8 Å². The number of sulfonamides is 1. The van der Waals surface area contributed by atoms with Gasteiger partial charge in [0.2, 0.25) is 10.0 Å². The maximum absolute atomic E-state index is 13.1. The van der Waals surface area contributed by atoms with Crippen molar-refractivity contribution < 1.29 is 27.1 Å². The predicted molar refractivity (Wildman–Crippen MR) is 92.1 cm³/mol. The minimum atomic E-state index is -3.82. The van der Waals surface area contributed by atoms with Crippen LogP contribution in [0.1, 0.15) is 12.5 Å². The van der Waals surface area contributed by atoms with Crippen molar-refractivity contribution >= 4 is 27.6 Å². The molecule has 2 aromatic carbocycles. The number of nitrogens with one attached hydrogen (secondary N) is 1. The van der Waals surface area contributed by atoms with Crippen LogP contribution < -0.4 is 10.5 Å². The van der Waals surface area contributed by atoms with Gasteiger partial charge >= 0.3 is 5.97 Å². The predicted octanol–water partition coefficient (Wildman–Crippen LogP) is 1.59. The third-order valence-electron chi connectivity index (χ3n) is 3.37. The molecule has 26 heavy (non-hydrogen) atoms. The lowest BCUT2D eigenvalue weighted by Crippen LogP contribution is -2.30. The Bertz CT molecular complexity index is 913. The fourth-order valence-electron chi connectivity index (χ4n) is 2.08. The first-order chi connectivity index (χ1) is 12.1. The molecule has 0 radical (unpaired) electrons. The molecule has 2 rings (SSSR count). The highest BCUT2D eigenvalue weighted by atomic mass is 32.2. The van der Waals surface area contributed by atoms with Gasteiger partial charge < -0.3 is 10.1 Å². The monoisotopic (exact) mass is 380 g/mol. The van der Waals surface area contributed by atoms with Gasteiger partial charge in [-0.1, -0.05) is 12.1 Å². The average Bonchev–Trinajstić information content (AvgIpc) is 2.54. The molecule has 9 heteroatoms. The van der Waals surface area contributed by atoms with Crippen LogP contribution >= 0.6 is 0 Å². The SMILES string of the molecule is CC(OC(=O)Cc1cccc(F)c1)C(=O)Nc1ccc(S(N)(=O)=O)cc1. The third kappa shape index (κ3) is 5.64. The number of anilines is 1. The number of esters is 1. The van der Waals surface area contributed by atoms with E-state index in [4.69, 9.17) is 9.88 Å². The zero-order valence-corrected chi connectivity index (χ0v) is 14.6. The summed E-state index contributed by atoms with van der Waals surface area (Å²) >= 11 is 0. The van der Waals surface area contributed by atoms with Crippen LogP contribution in [0, 0.1) is 5.82 Å². The molecule has 0 fully saturated rings. The van der Waals surface area contributed by atoms with Gasteiger partial charge in [0, 0.05) is 5.69 Å².